The molecule has 0 radical (unpaired) electrons. The van der Waals surface area contributed by atoms with Crippen LogP contribution in [0.25, 0.3) is 0 Å². The molecule has 0 aromatic carbocycles. The monoisotopic (exact) mass is 454 g/mol. The average Bonchev–Trinajstić information content (AvgIpc) is 2.75. The quantitative estimate of drug-likeness (QED) is 0.108. The predicted molar refractivity (Wildman–Crippen MR) is 131 cm³/mol. The van der Waals surface area contributed by atoms with E-state index in [4.69, 9.17) is 9.47 Å². The summed E-state index contributed by atoms with van der Waals surface area (Å²) in [6.45, 7) is 11.8. The highest BCUT2D eigenvalue weighted by Crippen LogP contribution is 2.19. The van der Waals surface area contributed by atoms with Gasteiger partial charge in [0, 0.05) is 0 Å². The van der Waals surface area contributed by atoms with Gasteiger partial charge in [0.25, 0.3) is 0 Å². The Morgan fingerprint density at radius 2 is 0.812 bits per heavy atom. The number of rotatable bonds is 20. The summed E-state index contributed by atoms with van der Waals surface area (Å²) in [4.78, 5) is 24.7. The Morgan fingerprint density at radius 3 is 1.12 bits per heavy atom. The average molecular weight is 455 g/mol. The topological polar surface area (TPSA) is 77.3 Å². The van der Waals surface area contributed by atoms with Gasteiger partial charge in [-0.05, 0) is 40.5 Å². The molecule has 0 aromatic rings. The van der Waals surface area contributed by atoms with Gasteiger partial charge in [0.15, 0.2) is 11.1 Å². The molecule has 0 rings (SSSR count). The van der Waals surface area contributed by atoms with Crippen molar-refractivity contribution in [2.75, 3.05) is 13.2 Å². The number of hydrogen-bond acceptors (Lipinski definition) is 6. The highest BCUT2D eigenvalue weighted by Gasteiger charge is 2.34. The summed E-state index contributed by atoms with van der Waals surface area (Å²) in [7, 11) is 0. The summed E-state index contributed by atoms with van der Waals surface area (Å²) >= 11 is 0. The molecule has 0 saturated carbocycles. The Morgan fingerprint density at radius 1 is 0.531 bits per heavy atom. The van der Waals surface area contributed by atoms with Crippen LogP contribution < -0.4 is 0 Å². The van der Waals surface area contributed by atoms with Crippen LogP contribution in [0.2, 0.25) is 0 Å². The van der Waals surface area contributed by atoms with Crippen LogP contribution in [0.3, 0.4) is 0 Å². The van der Waals surface area contributed by atoms with E-state index in [1.165, 1.54) is 64.2 Å². The van der Waals surface area contributed by atoms with Crippen molar-refractivity contribution in [3.8, 4) is 0 Å². The summed E-state index contributed by atoms with van der Waals surface area (Å²) in [5, 5.41) is 8.27. The summed E-state index contributed by atoms with van der Waals surface area (Å²) in [5.74, 6) is -0.834. The van der Waals surface area contributed by atoms with Gasteiger partial charge in [-0.1, -0.05) is 90.9 Å². The van der Waals surface area contributed by atoms with Crippen LogP contribution in [-0.4, -0.2) is 36.2 Å². The first-order valence-corrected chi connectivity index (χ1v) is 13.0. The maximum Gasteiger partial charge on any atom is 0.335 e. The maximum atomic E-state index is 12.4. The van der Waals surface area contributed by atoms with Gasteiger partial charge in [0.2, 0.25) is 0 Å². The Kier molecular flexibility index (Phi) is 17.2. The SMILES string of the molecule is CCCCCCCCCOC(=O)C(C)(C)N=NC(C)(C)C(=O)OCCCCCCCCC. The number of carbonyl (C=O) groups is 2. The molecular weight excluding hydrogens is 404 g/mol. The second kappa shape index (κ2) is 18.0. The van der Waals surface area contributed by atoms with Gasteiger partial charge in [-0.3, -0.25) is 0 Å². The summed E-state index contributed by atoms with van der Waals surface area (Å²) in [5.41, 5.74) is -2.26. The molecular formula is C26H50N2O4. The molecule has 188 valence electrons. The first-order chi connectivity index (χ1) is 15.2. The molecule has 0 aliphatic carbocycles. The predicted octanol–water partition coefficient (Wildman–Crippen LogP) is 7.58. The highest BCUT2D eigenvalue weighted by molar-refractivity contribution is 5.81. The van der Waals surface area contributed by atoms with Gasteiger partial charge >= 0.3 is 11.9 Å². The van der Waals surface area contributed by atoms with E-state index in [0.29, 0.717) is 13.2 Å². The second-order valence-corrected chi connectivity index (χ2v) is 9.83. The fraction of sp³-hybridized carbons (Fsp3) is 0.923. The molecule has 0 heterocycles. The molecule has 6 heteroatoms. The molecule has 0 fully saturated rings. The first kappa shape index (κ1) is 30.5. The Labute approximate surface area is 197 Å². The molecule has 0 unspecified atom stereocenters. The van der Waals surface area contributed by atoms with Crippen molar-refractivity contribution in [1.82, 2.24) is 0 Å². The molecule has 6 nitrogen and oxygen atoms in total. The van der Waals surface area contributed by atoms with Crippen LogP contribution in [0.5, 0.6) is 0 Å². The van der Waals surface area contributed by atoms with Crippen LogP contribution in [0.1, 0.15) is 131 Å². The minimum Gasteiger partial charge on any atom is -0.464 e. The van der Waals surface area contributed by atoms with Gasteiger partial charge in [0.1, 0.15) is 0 Å². The van der Waals surface area contributed by atoms with E-state index in [1.54, 1.807) is 27.7 Å². The smallest absolute Gasteiger partial charge is 0.335 e. The molecule has 0 aliphatic rings. The van der Waals surface area contributed by atoms with E-state index in [9.17, 15) is 9.59 Å². The number of unbranched alkanes of at least 4 members (excludes halogenated alkanes) is 12. The van der Waals surface area contributed by atoms with E-state index >= 15 is 0 Å². The van der Waals surface area contributed by atoms with Gasteiger partial charge in [-0.2, -0.15) is 10.2 Å². The highest BCUT2D eigenvalue weighted by atomic mass is 16.5. The maximum absolute atomic E-state index is 12.4. The standard InChI is InChI=1S/C26H50N2O4/c1-7-9-11-13-15-17-19-21-31-23(29)25(3,4)27-28-26(5,6)24(30)32-22-20-18-16-14-12-10-8-2/h7-22H2,1-6H3. The molecule has 0 aliphatic heterocycles. The molecule has 0 saturated heterocycles. The molecule has 0 atom stereocenters. The zero-order valence-corrected chi connectivity index (χ0v) is 21.8. The third-order valence-electron chi connectivity index (χ3n) is 5.51. The summed E-state index contributed by atoms with van der Waals surface area (Å²) < 4.78 is 10.8. The zero-order chi connectivity index (χ0) is 24.3. The summed E-state index contributed by atoms with van der Waals surface area (Å²) in [6, 6.07) is 0. The normalized spacial score (nSPS) is 12.3. The Hall–Kier alpha value is -1.46. The second-order valence-electron chi connectivity index (χ2n) is 9.83. The molecule has 0 N–H and O–H groups in total. The fourth-order valence-electron chi connectivity index (χ4n) is 3.13. The van der Waals surface area contributed by atoms with Crippen LogP contribution in [0.4, 0.5) is 0 Å². The lowest BCUT2D eigenvalue weighted by atomic mass is 10.1. The number of carbonyl (C=O) groups excluding carboxylic acids is 2. The van der Waals surface area contributed by atoms with E-state index in [-0.39, 0.29) is 0 Å². The fourth-order valence-corrected chi connectivity index (χ4v) is 3.13. The molecule has 0 bridgehead atoms. The van der Waals surface area contributed by atoms with Crippen LogP contribution >= 0.6 is 0 Å². The number of ether oxygens (including phenoxy) is 2. The first-order valence-electron chi connectivity index (χ1n) is 13.0. The van der Waals surface area contributed by atoms with Crippen LogP contribution in [0, 0.1) is 0 Å². The van der Waals surface area contributed by atoms with Crippen molar-refractivity contribution < 1.29 is 19.1 Å². The molecule has 32 heavy (non-hydrogen) atoms. The van der Waals surface area contributed by atoms with Crippen molar-refractivity contribution in [1.29, 1.82) is 0 Å². The number of esters is 2. The lowest BCUT2D eigenvalue weighted by molar-refractivity contribution is -0.151. The Balaban J connectivity index is 4.19. The largest absolute Gasteiger partial charge is 0.464 e. The van der Waals surface area contributed by atoms with Crippen molar-refractivity contribution in [3.63, 3.8) is 0 Å². The summed E-state index contributed by atoms with van der Waals surface area (Å²) in [6.07, 6.45) is 16.3. The van der Waals surface area contributed by atoms with E-state index in [2.05, 4.69) is 24.1 Å². The molecule has 0 amide bonds. The Bertz CT molecular complexity index is 484. The van der Waals surface area contributed by atoms with Gasteiger partial charge in [-0.25, -0.2) is 9.59 Å². The van der Waals surface area contributed by atoms with Crippen molar-refractivity contribution in [2.45, 2.75) is 143 Å². The van der Waals surface area contributed by atoms with Crippen molar-refractivity contribution in [3.05, 3.63) is 0 Å². The van der Waals surface area contributed by atoms with Crippen molar-refractivity contribution in [2.24, 2.45) is 10.2 Å². The van der Waals surface area contributed by atoms with Crippen LogP contribution in [0.15, 0.2) is 10.2 Å². The van der Waals surface area contributed by atoms with Gasteiger partial charge < -0.3 is 9.47 Å². The molecule has 0 spiro atoms. The number of nitrogens with zero attached hydrogens (tertiary/aromatic N) is 2. The number of hydrogen-bond donors (Lipinski definition) is 0. The van der Waals surface area contributed by atoms with Gasteiger partial charge in [0.05, 0.1) is 13.2 Å². The van der Waals surface area contributed by atoms with E-state index in [0.717, 1.165) is 25.7 Å². The molecule has 0 aromatic heterocycles. The lowest BCUT2D eigenvalue weighted by Gasteiger charge is -2.21. The van der Waals surface area contributed by atoms with Gasteiger partial charge in [-0.15, -0.1) is 0 Å². The third kappa shape index (κ3) is 15.4. The van der Waals surface area contributed by atoms with E-state index in [1.807, 2.05) is 0 Å². The lowest BCUT2D eigenvalue weighted by Crippen LogP contribution is -2.35. The van der Waals surface area contributed by atoms with Crippen LogP contribution in [-0.2, 0) is 19.1 Å². The minimum absolute atomic E-state index is 0.398. The minimum atomic E-state index is -1.13. The van der Waals surface area contributed by atoms with E-state index < -0.39 is 23.0 Å². The number of azo groups is 1. The van der Waals surface area contributed by atoms with Crippen molar-refractivity contribution >= 4 is 11.9 Å². The zero-order valence-electron chi connectivity index (χ0n) is 21.8. The third-order valence-corrected chi connectivity index (χ3v) is 5.51.